The summed E-state index contributed by atoms with van der Waals surface area (Å²) in [6.07, 6.45) is 3.17. The summed E-state index contributed by atoms with van der Waals surface area (Å²) >= 11 is 0. The molecule has 0 spiro atoms. The minimum Gasteiger partial charge on any atom is -0.491 e. The molecule has 0 unspecified atom stereocenters. The maximum atomic E-state index is 12.8. The number of hydrogen-bond acceptors (Lipinski definition) is 6. The van der Waals surface area contributed by atoms with Gasteiger partial charge in [-0.2, -0.15) is 5.10 Å². The van der Waals surface area contributed by atoms with Gasteiger partial charge in [0, 0.05) is 18.5 Å². The highest BCUT2D eigenvalue weighted by molar-refractivity contribution is 7.92. The normalized spacial score (nSPS) is 11.9. The van der Waals surface area contributed by atoms with Crippen molar-refractivity contribution in [2.45, 2.75) is 31.7 Å². The molecule has 0 amide bonds. The second-order valence-corrected chi connectivity index (χ2v) is 8.38. The topological polar surface area (TPSA) is 95.3 Å². The van der Waals surface area contributed by atoms with Crippen molar-refractivity contribution in [1.29, 1.82) is 0 Å². The lowest BCUT2D eigenvalue weighted by atomic mass is 10.2. The molecule has 1 N–H and O–H groups in total. The molecule has 0 fully saturated rings. The highest BCUT2D eigenvalue weighted by atomic mass is 32.2. The average Bonchev–Trinajstić information content (AvgIpc) is 3.06. The first-order chi connectivity index (χ1) is 13.3. The molecule has 2 aromatic heterocycles. The molecule has 0 radical (unpaired) electrons. The molecule has 150 valence electrons. The predicted molar refractivity (Wildman–Crippen MR) is 107 cm³/mol. The SMILES string of the molecule is COCCOc1ccc(S(=O)(=O)Nc2cnc3c(cnn3C(C)C)c2)cc1C. The summed E-state index contributed by atoms with van der Waals surface area (Å²) in [7, 11) is -2.16. The zero-order valence-electron chi connectivity index (χ0n) is 16.3. The van der Waals surface area contributed by atoms with Gasteiger partial charge in [0.2, 0.25) is 0 Å². The highest BCUT2D eigenvalue weighted by Crippen LogP contribution is 2.25. The van der Waals surface area contributed by atoms with Crippen LogP contribution in [0.4, 0.5) is 5.69 Å². The van der Waals surface area contributed by atoms with E-state index in [1.54, 1.807) is 43.1 Å². The molecule has 0 atom stereocenters. The van der Waals surface area contributed by atoms with Crippen LogP contribution >= 0.6 is 0 Å². The number of aryl methyl sites for hydroxylation is 1. The van der Waals surface area contributed by atoms with Gasteiger partial charge in [-0.3, -0.25) is 4.72 Å². The van der Waals surface area contributed by atoms with Crippen LogP contribution in [-0.2, 0) is 14.8 Å². The molecule has 2 heterocycles. The van der Waals surface area contributed by atoms with Crippen molar-refractivity contribution in [3.8, 4) is 5.75 Å². The van der Waals surface area contributed by atoms with E-state index in [-0.39, 0.29) is 10.9 Å². The number of aromatic nitrogens is 3. The number of anilines is 1. The van der Waals surface area contributed by atoms with Crippen molar-refractivity contribution in [3.05, 3.63) is 42.2 Å². The maximum absolute atomic E-state index is 12.8. The molecule has 0 saturated heterocycles. The Morgan fingerprint density at radius 1 is 1.18 bits per heavy atom. The van der Waals surface area contributed by atoms with E-state index in [1.165, 1.54) is 12.3 Å². The zero-order chi connectivity index (χ0) is 20.3. The molecule has 0 saturated carbocycles. The van der Waals surface area contributed by atoms with Crippen molar-refractivity contribution in [2.24, 2.45) is 0 Å². The molecule has 1 aromatic carbocycles. The van der Waals surface area contributed by atoms with Crippen LogP contribution in [0.25, 0.3) is 11.0 Å². The van der Waals surface area contributed by atoms with Gasteiger partial charge in [0.15, 0.2) is 5.65 Å². The fraction of sp³-hybridized carbons (Fsp3) is 0.368. The lowest BCUT2D eigenvalue weighted by Gasteiger charge is -2.12. The van der Waals surface area contributed by atoms with E-state index in [2.05, 4.69) is 14.8 Å². The van der Waals surface area contributed by atoms with Crippen LogP contribution in [0.1, 0.15) is 25.5 Å². The first-order valence-corrected chi connectivity index (χ1v) is 10.4. The van der Waals surface area contributed by atoms with Crippen LogP contribution in [0.3, 0.4) is 0 Å². The van der Waals surface area contributed by atoms with Crippen LogP contribution in [-0.4, -0.2) is 43.5 Å². The van der Waals surface area contributed by atoms with Gasteiger partial charge in [-0.15, -0.1) is 0 Å². The van der Waals surface area contributed by atoms with E-state index < -0.39 is 10.0 Å². The molecular weight excluding hydrogens is 380 g/mol. The summed E-state index contributed by atoms with van der Waals surface area (Å²) in [5, 5.41) is 5.07. The van der Waals surface area contributed by atoms with Gasteiger partial charge < -0.3 is 9.47 Å². The second-order valence-electron chi connectivity index (χ2n) is 6.69. The average molecular weight is 404 g/mol. The number of hydrogen-bond donors (Lipinski definition) is 1. The minimum atomic E-state index is -3.75. The van der Waals surface area contributed by atoms with E-state index in [0.29, 0.717) is 30.3 Å². The van der Waals surface area contributed by atoms with Crippen molar-refractivity contribution in [2.75, 3.05) is 25.0 Å². The Hall–Kier alpha value is -2.65. The Labute approximate surface area is 164 Å². The molecule has 0 aliphatic heterocycles. The number of fused-ring (bicyclic) bond motifs is 1. The van der Waals surface area contributed by atoms with Gasteiger partial charge in [-0.05, 0) is 50.6 Å². The molecule has 28 heavy (non-hydrogen) atoms. The first-order valence-electron chi connectivity index (χ1n) is 8.90. The lowest BCUT2D eigenvalue weighted by Crippen LogP contribution is -2.14. The van der Waals surface area contributed by atoms with Crippen LogP contribution in [0.5, 0.6) is 5.75 Å². The summed E-state index contributed by atoms with van der Waals surface area (Å²) < 4.78 is 40.4. The molecule has 0 aliphatic carbocycles. The molecule has 0 aliphatic rings. The van der Waals surface area contributed by atoms with Gasteiger partial charge in [0.05, 0.1) is 29.6 Å². The highest BCUT2D eigenvalue weighted by Gasteiger charge is 2.17. The van der Waals surface area contributed by atoms with E-state index in [9.17, 15) is 8.42 Å². The Kier molecular flexibility index (Phi) is 5.85. The standard InChI is InChI=1S/C19H24N4O4S/c1-13(2)23-19-15(11-21-23)10-16(12-20-19)22-28(24,25)17-5-6-18(14(3)9-17)27-8-7-26-4/h5-6,9-13,22H,7-8H2,1-4H3. The van der Waals surface area contributed by atoms with Crippen LogP contribution < -0.4 is 9.46 Å². The monoisotopic (exact) mass is 404 g/mol. The van der Waals surface area contributed by atoms with Crippen LogP contribution in [0, 0.1) is 6.92 Å². The third-order valence-corrected chi connectivity index (χ3v) is 5.56. The number of pyridine rings is 1. The third-order valence-electron chi connectivity index (χ3n) is 4.18. The number of benzene rings is 1. The smallest absolute Gasteiger partial charge is 0.261 e. The summed E-state index contributed by atoms with van der Waals surface area (Å²) in [6, 6.07) is 6.63. The number of nitrogens with zero attached hydrogens (tertiary/aromatic N) is 3. The molecule has 8 nitrogen and oxygen atoms in total. The van der Waals surface area contributed by atoms with E-state index in [0.717, 1.165) is 10.9 Å². The molecule has 3 aromatic rings. The van der Waals surface area contributed by atoms with Crippen LogP contribution in [0.2, 0.25) is 0 Å². The molecule has 3 rings (SSSR count). The largest absolute Gasteiger partial charge is 0.491 e. The second kappa shape index (κ2) is 8.15. The Morgan fingerprint density at radius 3 is 2.64 bits per heavy atom. The quantitative estimate of drug-likeness (QED) is 0.580. The lowest BCUT2D eigenvalue weighted by molar-refractivity contribution is 0.146. The summed E-state index contributed by atoms with van der Waals surface area (Å²) in [4.78, 5) is 4.51. The maximum Gasteiger partial charge on any atom is 0.261 e. The number of ether oxygens (including phenoxy) is 2. The summed E-state index contributed by atoms with van der Waals surface area (Å²) in [5.74, 6) is 0.625. The minimum absolute atomic E-state index is 0.155. The van der Waals surface area contributed by atoms with Crippen molar-refractivity contribution < 1.29 is 17.9 Å². The first kappa shape index (κ1) is 20.1. The Morgan fingerprint density at radius 2 is 1.96 bits per heavy atom. The van der Waals surface area contributed by atoms with E-state index in [1.807, 2.05) is 13.8 Å². The summed E-state index contributed by atoms with van der Waals surface area (Å²) in [5.41, 5.74) is 1.82. The van der Waals surface area contributed by atoms with E-state index >= 15 is 0 Å². The summed E-state index contributed by atoms with van der Waals surface area (Å²) in [6.45, 7) is 6.68. The Balaban J connectivity index is 1.81. The molecule has 9 heteroatoms. The van der Waals surface area contributed by atoms with E-state index in [4.69, 9.17) is 9.47 Å². The number of methoxy groups -OCH3 is 1. The predicted octanol–water partition coefficient (Wildman–Crippen LogP) is 3.15. The van der Waals surface area contributed by atoms with Gasteiger partial charge >= 0.3 is 0 Å². The van der Waals surface area contributed by atoms with Gasteiger partial charge in [0.1, 0.15) is 12.4 Å². The fourth-order valence-corrected chi connectivity index (χ4v) is 3.89. The van der Waals surface area contributed by atoms with Gasteiger partial charge in [-0.25, -0.2) is 18.1 Å². The number of nitrogens with one attached hydrogen (secondary N) is 1. The van der Waals surface area contributed by atoms with Crippen molar-refractivity contribution >= 4 is 26.7 Å². The fourth-order valence-electron chi connectivity index (χ4n) is 2.77. The Bertz CT molecular complexity index is 1080. The molecular formula is C19H24N4O4S. The number of rotatable bonds is 8. The third kappa shape index (κ3) is 4.26. The zero-order valence-corrected chi connectivity index (χ0v) is 17.2. The number of sulfonamides is 1. The van der Waals surface area contributed by atoms with Gasteiger partial charge in [-0.1, -0.05) is 0 Å². The van der Waals surface area contributed by atoms with Gasteiger partial charge in [0.25, 0.3) is 10.0 Å². The van der Waals surface area contributed by atoms with Crippen molar-refractivity contribution in [3.63, 3.8) is 0 Å². The molecule has 0 bridgehead atoms. The van der Waals surface area contributed by atoms with Crippen molar-refractivity contribution in [1.82, 2.24) is 14.8 Å². The van der Waals surface area contributed by atoms with Crippen LogP contribution in [0.15, 0.2) is 41.6 Å².